The third-order valence-corrected chi connectivity index (χ3v) is 6.03. The Morgan fingerprint density at radius 3 is 2.57 bits per heavy atom. The Morgan fingerprint density at radius 1 is 1.27 bits per heavy atom. The fourth-order valence-electron chi connectivity index (χ4n) is 2.55. The number of hydrogen-bond donors (Lipinski definition) is 0. The molecule has 2 rings (SSSR count). The Bertz CT molecular complexity index is 971. The highest BCUT2D eigenvalue weighted by atomic mass is 35.5. The highest BCUT2D eigenvalue weighted by molar-refractivity contribution is 7.04. The number of nitrogens with zero attached hydrogens (tertiary/aromatic N) is 3. The molecule has 0 N–H and O–H groups in total. The van der Waals surface area contributed by atoms with Gasteiger partial charge in [0.05, 0.1) is 5.56 Å². The van der Waals surface area contributed by atoms with E-state index in [0.717, 1.165) is 24.8 Å². The fourth-order valence-corrected chi connectivity index (χ4v) is 3.76. The summed E-state index contributed by atoms with van der Waals surface area (Å²) in [4.78, 5) is 30.7. The van der Waals surface area contributed by atoms with E-state index in [0.29, 0.717) is 15.4 Å². The van der Waals surface area contributed by atoms with Crippen LogP contribution in [0.3, 0.4) is 0 Å². The van der Waals surface area contributed by atoms with Crippen LogP contribution in [0.1, 0.15) is 56.5 Å². The summed E-state index contributed by atoms with van der Waals surface area (Å²) in [7, 11) is 3.29. The van der Waals surface area contributed by atoms with Crippen LogP contribution in [0.4, 0.5) is 0 Å². The average Bonchev–Trinajstić information content (AvgIpc) is 3.07. The lowest BCUT2D eigenvalue weighted by molar-refractivity contribution is -0.130. The zero-order valence-electron chi connectivity index (χ0n) is 18.5. The minimum Gasteiger partial charge on any atom is -0.483 e. The van der Waals surface area contributed by atoms with Crippen molar-refractivity contribution >= 4 is 34.9 Å². The number of halogens is 1. The molecule has 0 saturated heterocycles. The minimum absolute atomic E-state index is 0.0979. The van der Waals surface area contributed by atoms with E-state index in [4.69, 9.17) is 16.3 Å². The Kier molecular flexibility index (Phi) is 8.26. The first kappa shape index (κ1) is 24.2. The summed E-state index contributed by atoms with van der Waals surface area (Å²) in [5, 5.41) is 0.405. The summed E-state index contributed by atoms with van der Waals surface area (Å²) in [5.74, 6) is -0.351. The van der Waals surface area contributed by atoms with Gasteiger partial charge in [-0.25, -0.2) is 0 Å². The number of hydrogen-bond acceptors (Lipinski definition) is 4. The molecule has 6 nitrogen and oxygen atoms in total. The third-order valence-electron chi connectivity index (χ3n) is 4.42. The molecule has 1 aromatic carbocycles. The van der Waals surface area contributed by atoms with E-state index in [1.54, 1.807) is 26.2 Å². The molecule has 164 valence electrons. The maximum absolute atomic E-state index is 13.0. The van der Waals surface area contributed by atoms with E-state index >= 15 is 0 Å². The monoisotopic (exact) mass is 451 g/mol. The lowest BCUT2D eigenvalue weighted by Crippen LogP contribution is -2.27. The van der Waals surface area contributed by atoms with Crippen molar-refractivity contribution in [2.75, 3.05) is 20.7 Å². The molecule has 0 aliphatic rings. The molecular formula is C22H30ClN3O3S. The molecule has 0 atom stereocenters. The molecule has 0 unspecified atom stereocenters. The number of carbonyl (C=O) groups is 2. The first-order valence-corrected chi connectivity index (χ1v) is 11.1. The molecule has 0 aliphatic carbocycles. The van der Waals surface area contributed by atoms with E-state index < -0.39 is 5.91 Å². The predicted molar refractivity (Wildman–Crippen MR) is 121 cm³/mol. The molecule has 0 saturated carbocycles. The van der Waals surface area contributed by atoms with Crippen LogP contribution < -0.4 is 9.41 Å². The minimum atomic E-state index is -0.439. The number of aromatic nitrogens is 1. The zero-order valence-corrected chi connectivity index (χ0v) is 20.1. The van der Waals surface area contributed by atoms with Gasteiger partial charge in [-0.15, -0.1) is 0 Å². The van der Waals surface area contributed by atoms with Gasteiger partial charge in [-0.3, -0.25) is 13.5 Å². The molecule has 2 aromatic rings. The Morgan fingerprint density at radius 2 is 1.97 bits per heavy atom. The van der Waals surface area contributed by atoms with Crippen molar-refractivity contribution in [3.05, 3.63) is 45.2 Å². The normalized spacial score (nSPS) is 12.2. The number of ether oxygens (including phenoxy) is 1. The fraction of sp³-hybridized carbons (Fsp3) is 0.500. The lowest BCUT2D eigenvalue weighted by atomic mass is 10.1. The van der Waals surface area contributed by atoms with Crippen molar-refractivity contribution in [3.8, 4) is 5.75 Å². The molecule has 0 radical (unpaired) electrons. The van der Waals surface area contributed by atoms with Crippen LogP contribution in [-0.4, -0.2) is 41.4 Å². The molecule has 1 heterocycles. The first-order chi connectivity index (χ1) is 14.0. The van der Waals surface area contributed by atoms with Gasteiger partial charge in [0, 0.05) is 36.4 Å². The molecule has 8 heteroatoms. The number of aryl methyl sites for hydroxylation is 1. The molecule has 0 aliphatic heterocycles. The number of likely N-dealkylation sites (N-methyl/N-ethyl adjacent to an activating group) is 1. The molecule has 30 heavy (non-hydrogen) atoms. The van der Waals surface area contributed by atoms with Gasteiger partial charge in [0.25, 0.3) is 11.8 Å². The van der Waals surface area contributed by atoms with Gasteiger partial charge in [-0.1, -0.05) is 24.9 Å². The second-order valence-electron chi connectivity index (χ2n) is 8.29. The van der Waals surface area contributed by atoms with Crippen molar-refractivity contribution < 1.29 is 14.3 Å². The van der Waals surface area contributed by atoms with Crippen molar-refractivity contribution in [2.45, 2.75) is 52.5 Å². The summed E-state index contributed by atoms with van der Waals surface area (Å²) in [6.45, 7) is 8.31. The number of unbranched alkanes of at least 4 members (excludes halogenated alkanes) is 1. The van der Waals surface area contributed by atoms with Crippen LogP contribution in [0, 0.1) is 0 Å². The van der Waals surface area contributed by atoms with Gasteiger partial charge in [-0.2, -0.15) is 4.99 Å². The highest BCUT2D eigenvalue weighted by Gasteiger charge is 2.18. The van der Waals surface area contributed by atoms with E-state index in [-0.39, 0.29) is 23.6 Å². The number of carbonyl (C=O) groups excluding carboxylic acids is 2. The van der Waals surface area contributed by atoms with Crippen LogP contribution in [0.15, 0.2) is 29.4 Å². The number of rotatable bonds is 7. The van der Waals surface area contributed by atoms with Gasteiger partial charge >= 0.3 is 0 Å². The quantitative estimate of drug-likeness (QED) is 0.622. The van der Waals surface area contributed by atoms with Gasteiger partial charge in [0.2, 0.25) is 0 Å². The molecule has 1 aromatic heterocycles. The van der Waals surface area contributed by atoms with Gasteiger partial charge < -0.3 is 9.64 Å². The lowest BCUT2D eigenvalue weighted by Gasteiger charge is -2.19. The summed E-state index contributed by atoms with van der Waals surface area (Å²) >= 11 is 7.58. The topological polar surface area (TPSA) is 63.9 Å². The molecule has 0 spiro atoms. The van der Waals surface area contributed by atoms with Crippen molar-refractivity contribution in [1.29, 1.82) is 0 Å². The maximum Gasteiger partial charge on any atom is 0.282 e. The van der Waals surface area contributed by atoms with Gasteiger partial charge in [0.1, 0.15) is 10.4 Å². The third kappa shape index (κ3) is 6.44. The van der Waals surface area contributed by atoms with Crippen LogP contribution in [0.5, 0.6) is 5.75 Å². The smallest absolute Gasteiger partial charge is 0.282 e. The summed E-state index contributed by atoms with van der Waals surface area (Å²) in [6.07, 6.45) is 5.02. The molecule has 0 bridgehead atoms. The van der Waals surface area contributed by atoms with E-state index in [1.165, 1.54) is 22.5 Å². The van der Waals surface area contributed by atoms with E-state index in [1.807, 2.05) is 0 Å². The summed E-state index contributed by atoms with van der Waals surface area (Å²) in [6, 6.07) is 4.74. The van der Waals surface area contributed by atoms with Crippen LogP contribution in [0.25, 0.3) is 0 Å². The maximum atomic E-state index is 13.0. The number of benzene rings is 1. The van der Waals surface area contributed by atoms with Crippen LogP contribution in [0.2, 0.25) is 5.02 Å². The van der Waals surface area contributed by atoms with E-state index in [9.17, 15) is 9.59 Å². The molecular weight excluding hydrogens is 422 g/mol. The second-order valence-corrected chi connectivity index (χ2v) is 9.68. The number of amides is 2. The zero-order chi connectivity index (χ0) is 22.5. The predicted octanol–water partition coefficient (Wildman–Crippen LogP) is 4.51. The average molecular weight is 452 g/mol. The second kappa shape index (κ2) is 10.3. The standard InChI is InChI=1S/C22H30ClN3O3S/c1-7-8-9-15-13-26(22(2,3)4)30-21(15)24-20(28)17-12-16(23)10-11-18(17)29-14-19(27)25(5)6/h10-13H,7-9,14H2,1-6H3/b24-21-. The Hall–Kier alpha value is -2.12. The SMILES string of the molecule is CCCCc1cn(C(C)(C)C)s/c1=N\C(=O)c1cc(Cl)ccc1OCC(=O)N(C)C. The van der Waals surface area contributed by atoms with Crippen molar-refractivity contribution in [2.24, 2.45) is 4.99 Å². The van der Waals surface area contributed by atoms with Gasteiger partial charge in [0.15, 0.2) is 6.61 Å². The summed E-state index contributed by atoms with van der Waals surface area (Å²) in [5.41, 5.74) is 1.20. The first-order valence-electron chi connectivity index (χ1n) is 9.96. The Balaban J connectivity index is 2.43. The largest absolute Gasteiger partial charge is 0.483 e. The van der Waals surface area contributed by atoms with E-state index in [2.05, 4.69) is 42.8 Å². The molecule has 2 amide bonds. The van der Waals surface area contributed by atoms with Gasteiger partial charge in [-0.05, 0) is 63.3 Å². The highest BCUT2D eigenvalue weighted by Crippen LogP contribution is 2.24. The van der Waals surface area contributed by atoms with Crippen LogP contribution >= 0.6 is 23.1 Å². The van der Waals surface area contributed by atoms with Crippen molar-refractivity contribution in [1.82, 2.24) is 8.86 Å². The molecule has 0 fully saturated rings. The van der Waals surface area contributed by atoms with Crippen molar-refractivity contribution in [3.63, 3.8) is 0 Å². The Labute approximate surface area is 187 Å². The van der Waals surface area contributed by atoms with Crippen LogP contribution in [-0.2, 0) is 16.8 Å². The summed E-state index contributed by atoms with van der Waals surface area (Å²) < 4.78 is 8.41.